The van der Waals surface area contributed by atoms with Gasteiger partial charge in [0.25, 0.3) is 0 Å². The Morgan fingerprint density at radius 3 is 2.79 bits per heavy atom. The molecule has 4 heteroatoms. The quantitative estimate of drug-likeness (QED) is 0.782. The second-order valence-corrected chi connectivity index (χ2v) is 4.84. The number of aliphatic hydroxyl groups excluding tert-OH is 1. The van der Waals surface area contributed by atoms with Crippen molar-refractivity contribution in [1.29, 1.82) is 0 Å². The molecule has 4 nitrogen and oxygen atoms in total. The fraction of sp³-hybridized carbons (Fsp3) is 0.533. The largest absolute Gasteiger partial charge is 0.396 e. The monoisotopic (exact) mass is 265 g/mol. The average Bonchev–Trinajstić information content (AvgIpc) is 2.34. The molecule has 1 aromatic rings. The predicted octanol–water partition coefficient (Wildman–Crippen LogP) is 1.36. The van der Waals surface area contributed by atoms with Gasteiger partial charge in [-0.2, -0.15) is 0 Å². The second kappa shape index (κ2) is 7.92. The van der Waals surface area contributed by atoms with Gasteiger partial charge in [-0.3, -0.25) is 4.79 Å². The van der Waals surface area contributed by atoms with E-state index in [1.54, 1.807) is 7.11 Å². The van der Waals surface area contributed by atoms with E-state index in [1.807, 2.05) is 32.0 Å². The van der Waals surface area contributed by atoms with Crippen LogP contribution in [-0.4, -0.2) is 37.4 Å². The molecule has 0 aromatic heterocycles. The minimum atomic E-state index is -0.132. The predicted molar refractivity (Wildman–Crippen MR) is 75.1 cm³/mol. The van der Waals surface area contributed by atoms with E-state index < -0.39 is 0 Å². The van der Waals surface area contributed by atoms with Crippen molar-refractivity contribution >= 4 is 5.91 Å². The number of aliphatic hydroxyl groups is 1. The highest BCUT2D eigenvalue weighted by Gasteiger charge is 2.13. The van der Waals surface area contributed by atoms with Crippen LogP contribution in [0.2, 0.25) is 0 Å². The summed E-state index contributed by atoms with van der Waals surface area (Å²) in [6, 6.07) is 5.97. The highest BCUT2D eigenvalue weighted by atomic mass is 16.5. The summed E-state index contributed by atoms with van der Waals surface area (Å²) in [6.07, 6.45) is 0.867. The molecule has 1 rings (SSSR count). The Labute approximate surface area is 114 Å². The summed E-state index contributed by atoms with van der Waals surface area (Å²) < 4.78 is 5.02. The lowest BCUT2D eigenvalue weighted by Crippen LogP contribution is -2.39. The molecule has 2 N–H and O–H groups in total. The Kier molecular flexibility index (Phi) is 6.53. The zero-order chi connectivity index (χ0) is 14.3. The first kappa shape index (κ1) is 15.7. The smallest absolute Gasteiger partial charge is 0.224 e. The van der Waals surface area contributed by atoms with Crippen LogP contribution >= 0.6 is 0 Å². The van der Waals surface area contributed by atoms with Gasteiger partial charge < -0.3 is 15.2 Å². The van der Waals surface area contributed by atoms with E-state index in [1.165, 1.54) is 0 Å². The second-order valence-electron chi connectivity index (χ2n) is 4.84. The molecule has 0 saturated carbocycles. The van der Waals surface area contributed by atoms with Crippen molar-refractivity contribution in [2.24, 2.45) is 0 Å². The Hall–Kier alpha value is -1.39. The van der Waals surface area contributed by atoms with Crippen LogP contribution in [0.4, 0.5) is 0 Å². The third-order valence-electron chi connectivity index (χ3n) is 3.07. The Morgan fingerprint density at radius 1 is 1.42 bits per heavy atom. The number of amides is 1. The molecule has 0 aliphatic rings. The van der Waals surface area contributed by atoms with E-state index >= 15 is 0 Å². The first-order chi connectivity index (χ1) is 9.06. The Morgan fingerprint density at radius 2 is 2.16 bits per heavy atom. The van der Waals surface area contributed by atoms with Crippen LogP contribution < -0.4 is 5.32 Å². The van der Waals surface area contributed by atoms with E-state index in [9.17, 15) is 4.79 Å². The average molecular weight is 265 g/mol. The van der Waals surface area contributed by atoms with Gasteiger partial charge in [-0.15, -0.1) is 0 Å². The van der Waals surface area contributed by atoms with Gasteiger partial charge in [0.2, 0.25) is 5.91 Å². The number of carbonyl (C=O) groups is 1. The fourth-order valence-corrected chi connectivity index (χ4v) is 2.00. The molecule has 1 unspecified atom stereocenters. The van der Waals surface area contributed by atoms with Gasteiger partial charge in [-0.25, -0.2) is 0 Å². The van der Waals surface area contributed by atoms with Gasteiger partial charge in [0.05, 0.1) is 19.1 Å². The lowest BCUT2D eigenvalue weighted by molar-refractivity contribution is -0.121. The number of ether oxygens (including phenoxy) is 1. The zero-order valence-corrected chi connectivity index (χ0v) is 11.9. The molecule has 0 aliphatic heterocycles. The molecule has 0 heterocycles. The molecule has 0 spiro atoms. The molecule has 19 heavy (non-hydrogen) atoms. The normalized spacial score (nSPS) is 12.2. The van der Waals surface area contributed by atoms with Crippen molar-refractivity contribution < 1.29 is 14.6 Å². The lowest BCUT2D eigenvalue weighted by Gasteiger charge is -2.17. The third-order valence-corrected chi connectivity index (χ3v) is 3.07. The minimum Gasteiger partial charge on any atom is -0.396 e. The first-order valence-electron chi connectivity index (χ1n) is 6.52. The van der Waals surface area contributed by atoms with Crippen molar-refractivity contribution in [3.63, 3.8) is 0 Å². The maximum atomic E-state index is 12.0. The van der Waals surface area contributed by atoms with Crippen LogP contribution in [0.1, 0.15) is 23.1 Å². The molecule has 0 saturated heterocycles. The molecule has 0 aliphatic carbocycles. The summed E-state index contributed by atoms with van der Waals surface area (Å²) in [4.78, 5) is 12.0. The summed E-state index contributed by atoms with van der Waals surface area (Å²) >= 11 is 0. The zero-order valence-electron chi connectivity index (χ0n) is 11.9. The van der Waals surface area contributed by atoms with E-state index in [-0.39, 0.29) is 18.6 Å². The molecule has 0 bridgehead atoms. The van der Waals surface area contributed by atoms with Gasteiger partial charge in [0, 0.05) is 13.7 Å². The van der Waals surface area contributed by atoms with Gasteiger partial charge in [0.1, 0.15) is 0 Å². The van der Waals surface area contributed by atoms with Crippen LogP contribution in [0.15, 0.2) is 18.2 Å². The van der Waals surface area contributed by atoms with E-state index in [0.717, 1.165) is 16.7 Å². The van der Waals surface area contributed by atoms with Crippen molar-refractivity contribution in [1.82, 2.24) is 5.32 Å². The molecular formula is C15H23NO3. The third kappa shape index (κ3) is 5.41. The number of aryl methyl sites for hydroxylation is 2. The molecule has 1 aromatic carbocycles. The lowest BCUT2D eigenvalue weighted by atomic mass is 10.0. The van der Waals surface area contributed by atoms with Crippen LogP contribution in [0.3, 0.4) is 0 Å². The van der Waals surface area contributed by atoms with Crippen molar-refractivity contribution in [2.75, 3.05) is 20.3 Å². The van der Waals surface area contributed by atoms with E-state index in [0.29, 0.717) is 19.4 Å². The molecular weight excluding hydrogens is 242 g/mol. The number of nitrogens with one attached hydrogen (secondary N) is 1. The van der Waals surface area contributed by atoms with Crippen molar-refractivity contribution in [3.05, 3.63) is 34.9 Å². The maximum Gasteiger partial charge on any atom is 0.224 e. The minimum absolute atomic E-state index is 0.0378. The molecule has 106 valence electrons. The van der Waals surface area contributed by atoms with Crippen LogP contribution in [0.25, 0.3) is 0 Å². The van der Waals surface area contributed by atoms with Crippen molar-refractivity contribution in [3.8, 4) is 0 Å². The Bertz CT molecular complexity index is 412. The summed E-state index contributed by atoms with van der Waals surface area (Å²) in [5.41, 5.74) is 3.31. The fourth-order valence-electron chi connectivity index (χ4n) is 2.00. The topological polar surface area (TPSA) is 58.6 Å². The summed E-state index contributed by atoms with van der Waals surface area (Å²) in [6.45, 7) is 4.47. The number of hydrogen-bond acceptors (Lipinski definition) is 3. The standard InChI is InChI=1S/C15H23NO3/c1-11-4-5-12(2)13(8-11)9-15(18)16-14(6-7-17)10-19-3/h4-5,8,14,17H,6-7,9-10H2,1-3H3,(H,16,18). The number of rotatable bonds is 7. The molecule has 1 atom stereocenters. The first-order valence-corrected chi connectivity index (χ1v) is 6.52. The van der Waals surface area contributed by atoms with Gasteiger partial charge in [0.15, 0.2) is 0 Å². The van der Waals surface area contributed by atoms with E-state index in [2.05, 4.69) is 5.32 Å². The van der Waals surface area contributed by atoms with Crippen LogP contribution in [-0.2, 0) is 16.0 Å². The summed E-state index contributed by atoms with van der Waals surface area (Å²) in [5, 5.41) is 11.8. The summed E-state index contributed by atoms with van der Waals surface area (Å²) in [7, 11) is 1.58. The number of carbonyl (C=O) groups excluding carboxylic acids is 1. The molecule has 1 amide bonds. The number of benzene rings is 1. The van der Waals surface area contributed by atoms with Gasteiger partial charge in [-0.1, -0.05) is 23.8 Å². The van der Waals surface area contributed by atoms with Crippen LogP contribution in [0.5, 0.6) is 0 Å². The van der Waals surface area contributed by atoms with Gasteiger partial charge >= 0.3 is 0 Å². The highest BCUT2D eigenvalue weighted by Crippen LogP contribution is 2.11. The number of hydrogen-bond donors (Lipinski definition) is 2. The molecule has 0 radical (unpaired) electrons. The SMILES string of the molecule is COCC(CCO)NC(=O)Cc1cc(C)ccc1C. The van der Waals surface area contributed by atoms with Gasteiger partial charge in [-0.05, 0) is 31.4 Å². The molecule has 0 fully saturated rings. The maximum absolute atomic E-state index is 12.0. The Balaban J connectivity index is 2.60. The highest BCUT2D eigenvalue weighted by molar-refractivity contribution is 5.79. The van der Waals surface area contributed by atoms with Crippen LogP contribution in [0, 0.1) is 13.8 Å². The van der Waals surface area contributed by atoms with E-state index in [4.69, 9.17) is 9.84 Å². The number of methoxy groups -OCH3 is 1. The van der Waals surface area contributed by atoms with Crippen molar-refractivity contribution in [2.45, 2.75) is 32.7 Å². The summed E-state index contributed by atoms with van der Waals surface area (Å²) in [5.74, 6) is -0.0378.